The lowest BCUT2D eigenvalue weighted by Crippen LogP contribution is -2.35. The number of halogens is 3. The van der Waals surface area contributed by atoms with Gasteiger partial charge in [0.05, 0.1) is 10.7 Å². The van der Waals surface area contributed by atoms with Crippen molar-refractivity contribution in [1.82, 2.24) is 24.5 Å². The Morgan fingerprint density at radius 3 is 2.81 bits per heavy atom. The van der Waals surface area contributed by atoms with E-state index in [1.807, 2.05) is 17.5 Å². The van der Waals surface area contributed by atoms with Crippen molar-refractivity contribution in [2.45, 2.75) is 32.2 Å². The minimum Gasteiger partial charge on any atom is -0.298 e. The number of aromatic nitrogens is 4. The van der Waals surface area contributed by atoms with Gasteiger partial charge in [0.1, 0.15) is 18.0 Å². The van der Waals surface area contributed by atoms with Crippen molar-refractivity contribution in [3.63, 3.8) is 0 Å². The van der Waals surface area contributed by atoms with Crippen LogP contribution in [0.25, 0.3) is 16.9 Å². The van der Waals surface area contributed by atoms with Crippen molar-refractivity contribution in [2.75, 3.05) is 13.1 Å². The van der Waals surface area contributed by atoms with Crippen LogP contribution < -0.4 is 0 Å². The zero-order valence-corrected chi connectivity index (χ0v) is 18.4. The van der Waals surface area contributed by atoms with Crippen LogP contribution in [0.3, 0.4) is 0 Å². The van der Waals surface area contributed by atoms with Crippen molar-refractivity contribution in [2.24, 2.45) is 0 Å². The van der Waals surface area contributed by atoms with E-state index in [4.69, 9.17) is 11.6 Å². The first-order valence-electron chi connectivity index (χ1n) is 10.6. The second-order valence-electron chi connectivity index (χ2n) is 8.30. The van der Waals surface area contributed by atoms with Gasteiger partial charge in [0, 0.05) is 35.8 Å². The van der Waals surface area contributed by atoms with Gasteiger partial charge in [0.25, 0.3) is 5.78 Å². The standard InChI is InChI=1S/C24H22ClF2N5/c1-15-9-23(32-24(30-15)28-14-29-32)18-3-2-8-31(13-18)12-17-5-4-16(10-22(17)27)20-7-6-19(26)11-21(20)25/h4-7,9-11,14,18H,2-3,8,12-13H2,1H3. The zero-order chi connectivity index (χ0) is 22.2. The third-order valence-electron chi connectivity index (χ3n) is 6.02. The van der Waals surface area contributed by atoms with Gasteiger partial charge in [-0.05, 0) is 62.2 Å². The second-order valence-corrected chi connectivity index (χ2v) is 8.71. The normalized spacial score (nSPS) is 17.2. The van der Waals surface area contributed by atoms with Gasteiger partial charge in [-0.1, -0.05) is 23.7 Å². The largest absolute Gasteiger partial charge is 0.298 e. The fraction of sp³-hybridized carbons (Fsp3) is 0.292. The van der Waals surface area contributed by atoms with Crippen molar-refractivity contribution in [3.8, 4) is 11.1 Å². The lowest BCUT2D eigenvalue weighted by Gasteiger charge is -2.33. The summed E-state index contributed by atoms with van der Waals surface area (Å²) in [6.07, 6.45) is 3.59. The molecule has 0 radical (unpaired) electrons. The van der Waals surface area contributed by atoms with E-state index < -0.39 is 5.82 Å². The molecule has 1 aliphatic rings. The van der Waals surface area contributed by atoms with Crippen LogP contribution in [0.4, 0.5) is 8.78 Å². The summed E-state index contributed by atoms with van der Waals surface area (Å²) < 4.78 is 30.1. The highest BCUT2D eigenvalue weighted by Gasteiger charge is 2.25. The minimum atomic E-state index is -0.414. The van der Waals surface area contributed by atoms with E-state index in [1.54, 1.807) is 12.1 Å². The summed E-state index contributed by atoms with van der Waals surface area (Å²) in [5, 5.41) is 4.61. The smallest absolute Gasteiger partial charge is 0.252 e. The molecule has 0 saturated carbocycles. The molecule has 1 unspecified atom stereocenters. The van der Waals surface area contributed by atoms with Crippen LogP contribution in [0.2, 0.25) is 5.02 Å². The molecule has 2 aromatic carbocycles. The molecule has 1 atom stereocenters. The third kappa shape index (κ3) is 4.10. The molecule has 8 heteroatoms. The molecular weight excluding hydrogens is 432 g/mol. The van der Waals surface area contributed by atoms with Gasteiger partial charge in [-0.2, -0.15) is 10.1 Å². The molecule has 164 valence electrons. The fourth-order valence-corrected chi connectivity index (χ4v) is 4.77. The molecule has 4 aromatic rings. The Balaban J connectivity index is 1.35. The van der Waals surface area contributed by atoms with Crippen LogP contribution in [-0.4, -0.2) is 37.6 Å². The van der Waals surface area contributed by atoms with Gasteiger partial charge in [-0.3, -0.25) is 4.90 Å². The van der Waals surface area contributed by atoms with Crippen LogP contribution in [0.15, 0.2) is 48.8 Å². The molecule has 1 fully saturated rings. The lowest BCUT2D eigenvalue weighted by atomic mass is 9.93. The van der Waals surface area contributed by atoms with Crippen molar-refractivity contribution in [1.29, 1.82) is 0 Å². The van der Waals surface area contributed by atoms with Gasteiger partial charge in [-0.25, -0.2) is 18.3 Å². The van der Waals surface area contributed by atoms with E-state index in [2.05, 4.69) is 26.0 Å². The quantitative estimate of drug-likeness (QED) is 0.414. The van der Waals surface area contributed by atoms with Crippen molar-refractivity contribution < 1.29 is 8.78 Å². The summed E-state index contributed by atoms with van der Waals surface area (Å²) in [5.41, 5.74) is 3.88. The van der Waals surface area contributed by atoms with Crippen LogP contribution in [0, 0.1) is 18.6 Å². The molecule has 3 heterocycles. The first-order valence-corrected chi connectivity index (χ1v) is 11.0. The van der Waals surface area contributed by atoms with E-state index in [0.29, 0.717) is 29.0 Å². The number of benzene rings is 2. The molecule has 2 aromatic heterocycles. The van der Waals surface area contributed by atoms with Crippen LogP contribution in [-0.2, 0) is 6.54 Å². The molecule has 0 amide bonds. The Hall–Kier alpha value is -2.90. The number of fused-ring (bicyclic) bond motifs is 1. The Kier molecular flexibility index (Phi) is 5.61. The van der Waals surface area contributed by atoms with E-state index in [0.717, 1.165) is 37.3 Å². The number of rotatable bonds is 4. The van der Waals surface area contributed by atoms with Crippen molar-refractivity contribution >= 4 is 17.4 Å². The number of hydrogen-bond donors (Lipinski definition) is 0. The zero-order valence-electron chi connectivity index (χ0n) is 17.6. The van der Waals surface area contributed by atoms with Gasteiger partial charge in [0.15, 0.2) is 0 Å². The molecule has 1 aliphatic heterocycles. The molecule has 5 rings (SSSR count). The SMILES string of the molecule is Cc1cc(C2CCCN(Cc3ccc(-c4ccc(F)cc4Cl)cc3F)C2)n2ncnc2n1. The first kappa shape index (κ1) is 21.0. The molecule has 0 bridgehead atoms. The summed E-state index contributed by atoms with van der Waals surface area (Å²) in [7, 11) is 0. The molecular formula is C24H22ClF2N5. The Morgan fingerprint density at radius 1 is 1.12 bits per heavy atom. The third-order valence-corrected chi connectivity index (χ3v) is 6.33. The number of likely N-dealkylation sites (tertiary alicyclic amines) is 1. The van der Waals surface area contributed by atoms with Crippen LogP contribution in [0.5, 0.6) is 0 Å². The van der Waals surface area contributed by atoms with E-state index >= 15 is 0 Å². The second kappa shape index (κ2) is 8.56. The average molecular weight is 454 g/mol. The maximum atomic E-state index is 15.0. The Labute approximate surface area is 189 Å². The highest BCUT2D eigenvalue weighted by Crippen LogP contribution is 2.31. The lowest BCUT2D eigenvalue weighted by molar-refractivity contribution is 0.195. The maximum Gasteiger partial charge on any atom is 0.252 e. The first-order chi connectivity index (χ1) is 15.5. The van der Waals surface area contributed by atoms with Gasteiger partial charge in [0.2, 0.25) is 0 Å². The molecule has 1 saturated heterocycles. The molecule has 0 spiro atoms. The number of piperidine rings is 1. The van der Waals surface area contributed by atoms with Crippen molar-refractivity contribution in [3.05, 3.63) is 82.4 Å². The predicted molar refractivity (Wildman–Crippen MR) is 120 cm³/mol. The Bertz CT molecular complexity index is 1290. The topological polar surface area (TPSA) is 46.3 Å². The highest BCUT2D eigenvalue weighted by atomic mass is 35.5. The minimum absolute atomic E-state index is 0.267. The van der Waals surface area contributed by atoms with E-state index in [9.17, 15) is 8.78 Å². The number of nitrogens with zero attached hydrogens (tertiary/aromatic N) is 5. The van der Waals surface area contributed by atoms with Gasteiger partial charge in [-0.15, -0.1) is 0 Å². The maximum absolute atomic E-state index is 15.0. The van der Waals surface area contributed by atoms with Crippen LogP contribution in [0.1, 0.15) is 35.7 Å². The van der Waals surface area contributed by atoms with E-state index in [1.165, 1.54) is 24.5 Å². The van der Waals surface area contributed by atoms with Gasteiger partial charge < -0.3 is 0 Å². The molecule has 0 N–H and O–H groups in total. The summed E-state index contributed by atoms with van der Waals surface area (Å²) in [6.45, 7) is 4.20. The average Bonchev–Trinajstić information content (AvgIpc) is 3.23. The fourth-order valence-electron chi connectivity index (χ4n) is 4.50. The predicted octanol–water partition coefficient (Wildman–Crippen LogP) is 5.41. The molecule has 0 aliphatic carbocycles. The van der Waals surface area contributed by atoms with Gasteiger partial charge >= 0.3 is 0 Å². The summed E-state index contributed by atoms with van der Waals surface area (Å²) >= 11 is 6.14. The summed E-state index contributed by atoms with van der Waals surface area (Å²) in [4.78, 5) is 10.9. The summed E-state index contributed by atoms with van der Waals surface area (Å²) in [5.74, 6) is 0.180. The monoisotopic (exact) mass is 453 g/mol. The van der Waals surface area contributed by atoms with Crippen LogP contribution >= 0.6 is 11.6 Å². The number of aryl methyl sites for hydroxylation is 1. The van der Waals surface area contributed by atoms with E-state index in [-0.39, 0.29) is 16.8 Å². The molecule has 32 heavy (non-hydrogen) atoms. The highest BCUT2D eigenvalue weighted by molar-refractivity contribution is 6.33. The summed E-state index contributed by atoms with van der Waals surface area (Å²) in [6, 6.07) is 11.3. The Morgan fingerprint density at radius 2 is 2.00 bits per heavy atom. The molecule has 5 nitrogen and oxygen atoms in total. The number of hydrogen-bond acceptors (Lipinski definition) is 4.